The minimum absolute atomic E-state index is 0.0518. The summed E-state index contributed by atoms with van der Waals surface area (Å²) in [6.07, 6.45) is 5.10. The van der Waals surface area contributed by atoms with Gasteiger partial charge in [0.2, 0.25) is 5.82 Å². The van der Waals surface area contributed by atoms with Gasteiger partial charge in [-0.15, -0.1) is 0 Å². The Bertz CT molecular complexity index is 1180. The maximum atomic E-state index is 14.9. The zero-order chi connectivity index (χ0) is 24.2. The summed E-state index contributed by atoms with van der Waals surface area (Å²) in [7, 11) is 0. The zero-order valence-corrected chi connectivity index (χ0v) is 19.1. The molecule has 1 aliphatic rings. The molecule has 178 valence electrons. The van der Waals surface area contributed by atoms with Crippen LogP contribution < -0.4 is 4.74 Å². The highest BCUT2D eigenvalue weighted by Gasteiger charge is 2.25. The molecule has 0 bridgehead atoms. The average molecular weight is 471 g/mol. The lowest BCUT2D eigenvalue weighted by molar-refractivity contribution is 0.0147. The molecule has 0 N–H and O–H groups in total. The molecule has 0 amide bonds. The first kappa shape index (κ1) is 24.0. The van der Waals surface area contributed by atoms with E-state index in [1.165, 1.54) is 12.1 Å². The zero-order valence-electron chi connectivity index (χ0n) is 19.1. The van der Waals surface area contributed by atoms with Crippen molar-refractivity contribution in [2.45, 2.75) is 38.7 Å². The Hall–Kier alpha value is -3.12. The highest BCUT2D eigenvalue weighted by Crippen LogP contribution is 2.35. The van der Waals surface area contributed by atoms with Crippen molar-refractivity contribution in [3.63, 3.8) is 0 Å². The van der Waals surface area contributed by atoms with Crippen LogP contribution in [-0.2, 0) is 4.74 Å². The van der Waals surface area contributed by atoms with Crippen molar-refractivity contribution in [1.29, 1.82) is 0 Å². The Balaban J connectivity index is 1.57. The number of hydrogen-bond donors (Lipinski definition) is 0. The van der Waals surface area contributed by atoms with Crippen molar-refractivity contribution in [1.82, 2.24) is 0 Å². The van der Waals surface area contributed by atoms with Gasteiger partial charge in [0.15, 0.2) is 23.2 Å². The van der Waals surface area contributed by atoms with Crippen molar-refractivity contribution in [3.8, 4) is 28.0 Å². The van der Waals surface area contributed by atoms with Gasteiger partial charge in [-0.05, 0) is 55.5 Å². The number of benzene rings is 3. The number of allylic oxidation sites excluding steroid dienone is 1. The summed E-state index contributed by atoms with van der Waals surface area (Å²) in [6, 6.07) is 12.2. The highest BCUT2D eigenvalue weighted by atomic mass is 19.2. The molecular weight excluding hydrogens is 444 g/mol. The molecule has 4 rings (SSSR count). The topological polar surface area (TPSA) is 18.5 Å². The van der Waals surface area contributed by atoms with E-state index in [4.69, 9.17) is 9.47 Å². The van der Waals surface area contributed by atoms with Gasteiger partial charge in [-0.3, -0.25) is 0 Å². The molecule has 0 aliphatic carbocycles. The molecule has 1 heterocycles. The second-order valence-corrected chi connectivity index (χ2v) is 8.45. The number of halogens is 4. The van der Waals surface area contributed by atoms with E-state index in [9.17, 15) is 17.6 Å². The first-order chi connectivity index (χ1) is 16.4. The van der Waals surface area contributed by atoms with Crippen LogP contribution in [0.4, 0.5) is 17.6 Å². The van der Waals surface area contributed by atoms with Gasteiger partial charge in [0.25, 0.3) is 0 Å². The lowest BCUT2D eigenvalue weighted by atomic mass is 9.89. The van der Waals surface area contributed by atoms with E-state index in [2.05, 4.69) is 0 Å². The lowest BCUT2D eigenvalue weighted by Crippen LogP contribution is -2.23. The van der Waals surface area contributed by atoms with Gasteiger partial charge in [0.05, 0.1) is 12.7 Å². The molecule has 0 radical (unpaired) electrons. The molecule has 3 aromatic carbocycles. The van der Waals surface area contributed by atoms with Crippen molar-refractivity contribution >= 4 is 0 Å². The quantitative estimate of drug-likeness (QED) is 0.270. The third kappa shape index (κ3) is 4.87. The standard InChI is InChI=1S/C28H26F4O2/c1-3-4-15-33-24-14-13-22(27(31)28(24)32)19-9-7-18(8-10-19)21-11-12-23(26(30)25(21)29)20-6-5-17(2)34-16-20/h3-4,7-14,17,20H,5-6,15-16H2,1-2H3/b4-3+. The normalized spacial score (nSPS) is 18.4. The Morgan fingerprint density at radius 1 is 0.824 bits per heavy atom. The SMILES string of the molecule is C/C=C/COc1ccc(-c2ccc(-c3ccc(C4CCC(C)OC4)c(F)c3F)cc2)c(F)c1F. The van der Waals surface area contributed by atoms with E-state index in [0.717, 1.165) is 12.8 Å². The molecule has 0 aromatic heterocycles. The molecule has 3 aromatic rings. The smallest absolute Gasteiger partial charge is 0.201 e. The molecule has 6 heteroatoms. The fourth-order valence-electron chi connectivity index (χ4n) is 4.16. The van der Waals surface area contributed by atoms with E-state index in [-0.39, 0.29) is 35.5 Å². The van der Waals surface area contributed by atoms with Crippen LogP contribution in [0.1, 0.15) is 38.2 Å². The minimum Gasteiger partial charge on any atom is -0.486 e. The summed E-state index contributed by atoms with van der Waals surface area (Å²) in [4.78, 5) is 0. The Morgan fingerprint density at radius 3 is 2.03 bits per heavy atom. The first-order valence-corrected chi connectivity index (χ1v) is 11.3. The van der Waals surface area contributed by atoms with E-state index >= 15 is 0 Å². The predicted molar refractivity (Wildman–Crippen MR) is 125 cm³/mol. The predicted octanol–water partition coefficient (Wildman–Crippen LogP) is 7.81. The van der Waals surface area contributed by atoms with E-state index < -0.39 is 23.3 Å². The molecule has 2 nitrogen and oxygen atoms in total. The Kier molecular flexibility index (Phi) is 7.37. The minimum atomic E-state index is -1.07. The van der Waals surface area contributed by atoms with E-state index in [1.807, 2.05) is 6.92 Å². The van der Waals surface area contributed by atoms with Gasteiger partial charge in [0, 0.05) is 17.0 Å². The van der Waals surface area contributed by atoms with Crippen LogP contribution in [0.3, 0.4) is 0 Å². The third-order valence-electron chi connectivity index (χ3n) is 6.18. The molecule has 0 spiro atoms. The van der Waals surface area contributed by atoms with Crippen molar-refractivity contribution in [2.75, 3.05) is 13.2 Å². The molecule has 2 atom stereocenters. The van der Waals surface area contributed by atoms with Crippen LogP contribution in [0.5, 0.6) is 5.75 Å². The molecule has 1 fully saturated rings. The number of ether oxygens (including phenoxy) is 2. The maximum absolute atomic E-state index is 14.9. The summed E-state index contributed by atoms with van der Waals surface area (Å²) in [6.45, 7) is 4.27. The van der Waals surface area contributed by atoms with Gasteiger partial charge in [-0.25, -0.2) is 13.2 Å². The monoisotopic (exact) mass is 470 g/mol. The van der Waals surface area contributed by atoms with Gasteiger partial charge in [-0.1, -0.05) is 48.6 Å². The molecule has 2 unspecified atom stereocenters. The van der Waals surface area contributed by atoms with Gasteiger partial charge < -0.3 is 9.47 Å². The molecular formula is C28H26F4O2. The van der Waals surface area contributed by atoms with Crippen LogP contribution in [0.2, 0.25) is 0 Å². The third-order valence-corrected chi connectivity index (χ3v) is 6.18. The highest BCUT2D eigenvalue weighted by molar-refractivity contribution is 5.72. The number of rotatable bonds is 6. The van der Waals surface area contributed by atoms with Crippen LogP contribution in [0.15, 0.2) is 60.7 Å². The summed E-state index contributed by atoms with van der Waals surface area (Å²) < 4.78 is 69.7. The van der Waals surface area contributed by atoms with Gasteiger partial charge in [-0.2, -0.15) is 4.39 Å². The number of hydrogen-bond acceptors (Lipinski definition) is 2. The van der Waals surface area contributed by atoms with Gasteiger partial charge >= 0.3 is 0 Å². The second kappa shape index (κ2) is 10.4. The lowest BCUT2D eigenvalue weighted by Gasteiger charge is -2.27. The van der Waals surface area contributed by atoms with Crippen LogP contribution in [0, 0.1) is 23.3 Å². The van der Waals surface area contributed by atoms with Gasteiger partial charge in [0.1, 0.15) is 6.61 Å². The average Bonchev–Trinajstić information content (AvgIpc) is 2.85. The first-order valence-electron chi connectivity index (χ1n) is 11.3. The summed E-state index contributed by atoms with van der Waals surface area (Å²) >= 11 is 0. The van der Waals surface area contributed by atoms with E-state index in [0.29, 0.717) is 23.3 Å². The Morgan fingerprint density at radius 2 is 1.44 bits per heavy atom. The van der Waals surface area contributed by atoms with Crippen LogP contribution in [-0.4, -0.2) is 19.3 Å². The molecule has 0 saturated carbocycles. The van der Waals surface area contributed by atoms with Crippen molar-refractivity contribution < 1.29 is 27.0 Å². The fourth-order valence-corrected chi connectivity index (χ4v) is 4.16. The molecule has 1 saturated heterocycles. The summed E-state index contributed by atoms with van der Waals surface area (Å²) in [5.41, 5.74) is 1.32. The Labute approximate surface area is 196 Å². The van der Waals surface area contributed by atoms with Crippen LogP contribution >= 0.6 is 0 Å². The second-order valence-electron chi connectivity index (χ2n) is 8.45. The molecule has 1 aliphatic heterocycles. The van der Waals surface area contributed by atoms with E-state index in [1.54, 1.807) is 55.5 Å². The largest absolute Gasteiger partial charge is 0.486 e. The summed E-state index contributed by atoms with van der Waals surface area (Å²) in [5.74, 6) is -4.25. The molecule has 34 heavy (non-hydrogen) atoms. The maximum Gasteiger partial charge on any atom is 0.201 e. The fraction of sp³-hybridized carbons (Fsp3) is 0.286. The van der Waals surface area contributed by atoms with Crippen molar-refractivity contribution in [3.05, 3.63) is 89.5 Å². The van der Waals surface area contributed by atoms with Crippen molar-refractivity contribution in [2.24, 2.45) is 0 Å². The van der Waals surface area contributed by atoms with Crippen LogP contribution in [0.25, 0.3) is 22.3 Å². The summed E-state index contributed by atoms with van der Waals surface area (Å²) in [5, 5.41) is 0.